The van der Waals surface area contributed by atoms with Crippen LogP contribution in [-0.2, 0) is 6.42 Å². The van der Waals surface area contributed by atoms with Crippen LogP contribution < -0.4 is 0 Å². The van der Waals surface area contributed by atoms with E-state index in [0.717, 1.165) is 36.6 Å². The summed E-state index contributed by atoms with van der Waals surface area (Å²) in [7, 11) is 0. The molecule has 0 bridgehead atoms. The third kappa shape index (κ3) is 2.94. The molecule has 3 atom stereocenters. The molecular formula is C21H23N5O. The molecule has 0 N–H and O–H groups in total. The summed E-state index contributed by atoms with van der Waals surface area (Å²) in [5, 5.41) is 4.34. The van der Waals surface area contributed by atoms with Gasteiger partial charge >= 0.3 is 0 Å². The topological polar surface area (TPSA) is 67.9 Å². The number of rotatable bonds is 4. The summed E-state index contributed by atoms with van der Waals surface area (Å²) in [6.45, 7) is 3.19. The molecule has 138 valence electrons. The first-order valence-corrected chi connectivity index (χ1v) is 9.79. The van der Waals surface area contributed by atoms with Crippen LogP contribution in [0.3, 0.4) is 0 Å². The van der Waals surface area contributed by atoms with Crippen molar-refractivity contribution in [3.63, 3.8) is 0 Å². The van der Waals surface area contributed by atoms with Gasteiger partial charge in [-0.3, -0.25) is 4.90 Å². The van der Waals surface area contributed by atoms with Crippen molar-refractivity contribution in [3.05, 3.63) is 59.9 Å². The van der Waals surface area contributed by atoms with E-state index in [4.69, 9.17) is 9.51 Å². The molecule has 0 spiro atoms. The molecule has 6 nitrogen and oxygen atoms in total. The second kappa shape index (κ2) is 6.85. The number of nitrogens with zero attached hydrogens (tertiary/aromatic N) is 5. The third-order valence-electron chi connectivity index (χ3n) is 5.91. The predicted molar refractivity (Wildman–Crippen MR) is 101 cm³/mol. The van der Waals surface area contributed by atoms with Crippen molar-refractivity contribution in [2.24, 2.45) is 0 Å². The maximum Gasteiger partial charge on any atom is 0.261 e. The molecule has 2 aliphatic rings. The third-order valence-corrected chi connectivity index (χ3v) is 5.91. The lowest BCUT2D eigenvalue weighted by molar-refractivity contribution is 0.243. The van der Waals surface area contributed by atoms with E-state index in [9.17, 15) is 0 Å². The first kappa shape index (κ1) is 16.6. The summed E-state index contributed by atoms with van der Waals surface area (Å²) in [5.74, 6) is 2.47. The number of hydrogen-bond donors (Lipinski definition) is 0. The van der Waals surface area contributed by atoms with Crippen LogP contribution in [0.15, 0.2) is 47.2 Å². The Balaban J connectivity index is 1.42. The summed E-state index contributed by atoms with van der Waals surface area (Å²) in [6.07, 6.45) is 7.83. The van der Waals surface area contributed by atoms with Crippen LogP contribution in [0.5, 0.6) is 0 Å². The average Bonchev–Trinajstić information content (AvgIpc) is 3.45. The van der Waals surface area contributed by atoms with Gasteiger partial charge < -0.3 is 4.52 Å². The van der Waals surface area contributed by atoms with Gasteiger partial charge in [-0.2, -0.15) is 4.98 Å². The van der Waals surface area contributed by atoms with Crippen LogP contribution in [0.4, 0.5) is 0 Å². The van der Waals surface area contributed by atoms with Crippen LogP contribution in [0.25, 0.3) is 11.5 Å². The zero-order valence-electron chi connectivity index (χ0n) is 15.5. The maximum absolute atomic E-state index is 5.57. The van der Waals surface area contributed by atoms with Gasteiger partial charge in [-0.15, -0.1) is 0 Å². The van der Waals surface area contributed by atoms with Crippen molar-refractivity contribution in [3.8, 4) is 11.5 Å². The van der Waals surface area contributed by atoms with Gasteiger partial charge in [0, 0.05) is 36.8 Å². The average molecular weight is 361 g/mol. The summed E-state index contributed by atoms with van der Waals surface area (Å²) >= 11 is 0. The summed E-state index contributed by atoms with van der Waals surface area (Å²) < 4.78 is 5.57. The molecule has 4 heterocycles. The molecule has 6 heteroatoms. The van der Waals surface area contributed by atoms with E-state index in [2.05, 4.69) is 50.4 Å². The molecule has 0 aliphatic carbocycles. The van der Waals surface area contributed by atoms with Crippen molar-refractivity contribution in [1.82, 2.24) is 25.0 Å². The van der Waals surface area contributed by atoms with Gasteiger partial charge in [0.15, 0.2) is 5.82 Å². The lowest BCUT2D eigenvalue weighted by atomic mass is 9.94. The zero-order chi connectivity index (χ0) is 18.2. The molecule has 0 amide bonds. The molecule has 0 radical (unpaired) electrons. The van der Waals surface area contributed by atoms with Gasteiger partial charge in [-0.1, -0.05) is 42.4 Å². The minimum absolute atomic E-state index is 0.311. The van der Waals surface area contributed by atoms with Crippen molar-refractivity contribution in [2.75, 3.05) is 6.54 Å². The van der Waals surface area contributed by atoms with Crippen LogP contribution in [0.2, 0.25) is 0 Å². The van der Waals surface area contributed by atoms with Crippen LogP contribution in [0, 0.1) is 0 Å². The molecule has 27 heavy (non-hydrogen) atoms. The molecular weight excluding hydrogens is 338 g/mol. The first-order valence-electron chi connectivity index (χ1n) is 9.79. The molecule has 1 aromatic carbocycles. The predicted octanol–water partition coefficient (Wildman–Crippen LogP) is 3.78. The highest BCUT2D eigenvalue weighted by atomic mass is 16.5. The smallest absolute Gasteiger partial charge is 0.261 e. The fourth-order valence-electron chi connectivity index (χ4n) is 4.60. The highest BCUT2D eigenvalue weighted by Gasteiger charge is 2.46. The Morgan fingerprint density at radius 2 is 1.96 bits per heavy atom. The fourth-order valence-corrected chi connectivity index (χ4v) is 4.60. The highest BCUT2D eigenvalue weighted by molar-refractivity contribution is 5.49. The maximum atomic E-state index is 5.57. The van der Waals surface area contributed by atoms with Gasteiger partial charge in [0.1, 0.15) is 5.82 Å². The van der Waals surface area contributed by atoms with E-state index in [0.29, 0.717) is 23.9 Å². The van der Waals surface area contributed by atoms with E-state index in [1.807, 2.05) is 6.92 Å². The number of aryl methyl sites for hydroxylation is 1. The monoisotopic (exact) mass is 361 g/mol. The number of aromatic nitrogens is 4. The van der Waals surface area contributed by atoms with E-state index >= 15 is 0 Å². The molecule has 0 saturated carbocycles. The molecule has 2 aliphatic heterocycles. The molecule has 3 aromatic rings. The summed E-state index contributed by atoms with van der Waals surface area (Å²) in [4.78, 5) is 16.0. The van der Waals surface area contributed by atoms with Gasteiger partial charge in [0.05, 0.1) is 5.56 Å². The molecule has 2 unspecified atom stereocenters. The Hall–Kier alpha value is -2.60. The first-order chi connectivity index (χ1) is 13.3. The van der Waals surface area contributed by atoms with Gasteiger partial charge in [0.2, 0.25) is 0 Å². The lowest BCUT2D eigenvalue weighted by Crippen LogP contribution is -2.27. The Morgan fingerprint density at radius 3 is 2.74 bits per heavy atom. The fraction of sp³-hybridized carbons (Fsp3) is 0.429. The summed E-state index contributed by atoms with van der Waals surface area (Å²) in [6, 6.07) is 11.7. The molecule has 2 saturated heterocycles. The highest BCUT2D eigenvalue weighted by Crippen LogP contribution is 2.48. The van der Waals surface area contributed by atoms with E-state index in [1.54, 1.807) is 12.4 Å². The Morgan fingerprint density at radius 1 is 1.15 bits per heavy atom. The Labute approximate surface area is 158 Å². The Kier molecular flexibility index (Phi) is 4.20. The summed E-state index contributed by atoms with van der Waals surface area (Å²) in [5.41, 5.74) is 2.17. The zero-order valence-corrected chi connectivity index (χ0v) is 15.5. The normalized spacial score (nSPS) is 25.0. The Bertz CT molecular complexity index is 908. The van der Waals surface area contributed by atoms with E-state index in [-0.39, 0.29) is 0 Å². The molecule has 2 fully saturated rings. The van der Waals surface area contributed by atoms with Gasteiger partial charge in [0.25, 0.3) is 5.89 Å². The number of fused-ring (bicyclic) bond motifs is 1. The molecule has 5 rings (SSSR count). The van der Waals surface area contributed by atoms with Crippen LogP contribution in [0.1, 0.15) is 55.4 Å². The minimum Gasteiger partial charge on any atom is -0.334 e. The second-order valence-corrected chi connectivity index (χ2v) is 7.42. The number of hydrogen-bond acceptors (Lipinski definition) is 6. The molecule has 2 aromatic heterocycles. The van der Waals surface area contributed by atoms with Crippen molar-refractivity contribution in [2.45, 2.75) is 50.6 Å². The van der Waals surface area contributed by atoms with Crippen molar-refractivity contribution in [1.29, 1.82) is 0 Å². The standard InChI is InChI=1S/C21H23N5O/c1-2-19-22-12-15(13-23-19)21-24-20(25-27-21)16-11-18(14-7-4-3-5-8-14)26-10-6-9-17(16)26/h3-5,7-8,12-13,16-18H,2,6,9-11H2,1H3/t16?,17-,18?/m0/s1. The lowest BCUT2D eigenvalue weighted by Gasteiger charge is -2.24. The van der Waals surface area contributed by atoms with Crippen LogP contribution >= 0.6 is 0 Å². The largest absolute Gasteiger partial charge is 0.334 e. The minimum atomic E-state index is 0.311. The van der Waals surface area contributed by atoms with Crippen LogP contribution in [-0.4, -0.2) is 37.6 Å². The van der Waals surface area contributed by atoms with Gasteiger partial charge in [-0.25, -0.2) is 9.97 Å². The second-order valence-electron chi connectivity index (χ2n) is 7.42. The SMILES string of the molecule is CCc1ncc(-c2nc(C3CC(c4ccccc4)N4CCC[C@@H]34)no2)cn1. The van der Waals surface area contributed by atoms with E-state index in [1.165, 1.54) is 18.4 Å². The number of benzene rings is 1. The van der Waals surface area contributed by atoms with Crippen molar-refractivity contribution < 1.29 is 4.52 Å². The quantitative estimate of drug-likeness (QED) is 0.704. The van der Waals surface area contributed by atoms with E-state index < -0.39 is 0 Å². The van der Waals surface area contributed by atoms with Crippen molar-refractivity contribution >= 4 is 0 Å². The van der Waals surface area contributed by atoms with Gasteiger partial charge in [-0.05, 0) is 31.4 Å².